The third-order valence-corrected chi connectivity index (χ3v) is 2.19. The van der Waals surface area contributed by atoms with Crippen LogP contribution in [-0.2, 0) is 9.59 Å². The Labute approximate surface area is 106 Å². The average Bonchev–Trinajstić information content (AvgIpc) is 2.36. The van der Waals surface area contributed by atoms with E-state index < -0.39 is 11.8 Å². The van der Waals surface area contributed by atoms with Gasteiger partial charge in [-0.15, -0.1) is 0 Å². The second-order valence-electron chi connectivity index (χ2n) is 3.60. The van der Waals surface area contributed by atoms with Gasteiger partial charge in [-0.3, -0.25) is 9.59 Å². The fraction of sp³-hybridized carbons (Fsp3) is 0.800. The Balaban J connectivity index is 4.00. The molecule has 0 heterocycles. The first-order valence-corrected chi connectivity index (χ1v) is 5.85. The molecule has 0 rings (SSSR count). The van der Waals surface area contributed by atoms with E-state index in [2.05, 4.69) is 10.6 Å². The van der Waals surface area contributed by atoms with E-state index in [1.165, 1.54) is 4.90 Å². The summed E-state index contributed by atoms with van der Waals surface area (Å²) < 4.78 is 0. The molecule has 0 saturated carbocycles. The number of nitrogens with two attached hydrogens (primary N) is 1. The van der Waals surface area contributed by atoms with E-state index in [9.17, 15) is 9.59 Å². The van der Waals surface area contributed by atoms with Crippen LogP contribution in [0, 0.1) is 0 Å². The summed E-state index contributed by atoms with van der Waals surface area (Å²) in [4.78, 5) is 23.6. The Bertz CT molecular complexity index is 238. The normalized spacial score (nSPS) is 10.3. The highest BCUT2D eigenvalue weighted by molar-refractivity contribution is 6.34. The highest BCUT2D eigenvalue weighted by Gasteiger charge is 2.17. The molecule has 0 aliphatic carbocycles. The van der Waals surface area contributed by atoms with Crippen molar-refractivity contribution in [3.63, 3.8) is 0 Å². The minimum atomic E-state index is -0.987. The number of rotatable bonds is 10. The number of carbonyl (C=O) groups is 2. The lowest BCUT2D eigenvalue weighted by molar-refractivity contribution is -0.144. The van der Waals surface area contributed by atoms with E-state index in [1.807, 2.05) is 0 Å². The third kappa shape index (κ3) is 7.96. The van der Waals surface area contributed by atoms with Gasteiger partial charge in [-0.25, -0.2) is 0 Å². The second kappa shape index (κ2) is 10.9. The molecule has 0 aliphatic heterocycles. The van der Waals surface area contributed by atoms with Gasteiger partial charge in [0.1, 0.15) is 0 Å². The first kappa shape index (κ1) is 16.8. The summed E-state index contributed by atoms with van der Waals surface area (Å²) in [5.41, 5.74) is 4.95. The van der Waals surface area contributed by atoms with Crippen LogP contribution in [-0.4, -0.2) is 79.4 Å². The molecule has 0 aromatic rings. The number of primary amides is 1. The minimum absolute atomic E-state index is 0.0157. The van der Waals surface area contributed by atoms with E-state index in [4.69, 9.17) is 15.9 Å². The first-order chi connectivity index (χ1) is 8.63. The number of hydrogen-bond donors (Lipinski definition) is 5. The zero-order valence-electron chi connectivity index (χ0n) is 10.4. The lowest BCUT2D eigenvalue weighted by atomic mass is 10.4. The van der Waals surface area contributed by atoms with Crippen molar-refractivity contribution in [1.82, 2.24) is 15.5 Å². The Hall–Kier alpha value is -1.22. The summed E-state index contributed by atoms with van der Waals surface area (Å²) in [5.74, 6) is -1.72. The van der Waals surface area contributed by atoms with Gasteiger partial charge in [0.05, 0.1) is 13.2 Å². The van der Waals surface area contributed by atoms with E-state index in [0.29, 0.717) is 39.3 Å². The van der Waals surface area contributed by atoms with Crippen molar-refractivity contribution in [2.75, 3.05) is 52.5 Å². The van der Waals surface area contributed by atoms with Crippen LogP contribution in [0.15, 0.2) is 0 Å². The summed E-state index contributed by atoms with van der Waals surface area (Å²) in [6.07, 6.45) is 0. The van der Waals surface area contributed by atoms with E-state index >= 15 is 0 Å². The van der Waals surface area contributed by atoms with Gasteiger partial charge >= 0.3 is 11.8 Å². The fourth-order valence-electron chi connectivity index (χ4n) is 1.31. The average molecular weight is 262 g/mol. The van der Waals surface area contributed by atoms with Crippen LogP contribution in [0.2, 0.25) is 0 Å². The number of hydrogen-bond acceptors (Lipinski definition) is 6. The van der Waals surface area contributed by atoms with E-state index in [1.54, 1.807) is 0 Å². The Kier molecular flexibility index (Phi) is 10.2. The minimum Gasteiger partial charge on any atom is -0.395 e. The van der Waals surface area contributed by atoms with Crippen LogP contribution in [0.4, 0.5) is 0 Å². The predicted octanol–water partition coefficient (Wildman–Crippen LogP) is -3.54. The van der Waals surface area contributed by atoms with Crippen molar-refractivity contribution in [2.24, 2.45) is 5.73 Å². The summed E-state index contributed by atoms with van der Waals surface area (Å²) in [6, 6.07) is 0. The monoisotopic (exact) mass is 262 g/mol. The predicted molar refractivity (Wildman–Crippen MR) is 65.7 cm³/mol. The molecular formula is C10H22N4O4. The molecule has 0 aliphatic rings. The van der Waals surface area contributed by atoms with Gasteiger partial charge in [0.25, 0.3) is 0 Å². The molecule has 0 radical (unpaired) electrons. The van der Waals surface area contributed by atoms with Crippen LogP contribution in [0.3, 0.4) is 0 Å². The Morgan fingerprint density at radius 3 is 1.72 bits per heavy atom. The quantitative estimate of drug-likeness (QED) is 0.205. The smallest absolute Gasteiger partial charge is 0.311 e. The van der Waals surface area contributed by atoms with Crippen LogP contribution >= 0.6 is 0 Å². The molecule has 8 heteroatoms. The SMILES string of the molecule is NC(=O)C(=O)N(CCNCCO)CCNCCO. The molecule has 6 N–H and O–H groups in total. The summed E-state index contributed by atoms with van der Waals surface area (Å²) in [7, 11) is 0. The van der Waals surface area contributed by atoms with E-state index in [-0.39, 0.29) is 13.2 Å². The van der Waals surface area contributed by atoms with Crippen molar-refractivity contribution in [3.8, 4) is 0 Å². The van der Waals surface area contributed by atoms with Crippen molar-refractivity contribution in [2.45, 2.75) is 0 Å². The number of amides is 2. The topological polar surface area (TPSA) is 128 Å². The van der Waals surface area contributed by atoms with Gasteiger partial charge < -0.3 is 31.5 Å². The molecule has 0 spiro atoms. The maximum absolute atomic E-state index is 11.5. The molecule has 0 unspecified atom stereocenters. The number of aliphatic hydroxyl groups is 2. The van der Waals surface area contributed by atoms with Gasteiger partial charge in [-0.1, -0.05) is 0 Å². The number of nitrogens with one attached hydrogen (secondary N) is 2. The molecule has 0 aromatic carbocycles. The van der Waals surface area contributed by atoms with Gasteiger partial charge in [0.15, 0.2) is 0 Å². The van der Waals surface area contributed by atoms with Gasteiger partial charge in [-0.05, 0) is 0 Å². The van der Waals surface area contributed by atoms with Crippen LogP contribution in [0.5, 0.6) is 0 Å². The summed E-state index contributed by atoms with van der Waals surface area (Å²) in [5, 5.41) is 23.0. The first-order valence-electron chi connectivity index (χ1n) is 5.85. The summed E-state index contributed by atoms with van der Waals surface area (Å²) >= 11 is 0. The van der Waals surface area contributed by atoms with Crippen molar-refractivity contribution >= 4 is 11.8 Å². The molecule has 0 aromatic heterocycles. The molecule has 2 amide bonds. The highest BCUT2D eigenvalue weighted by atomic mass is 16.3. The molecule has 0 bridgehead atoms. The van der Waals surface area contributed by atoms with Crippen LogP contribution < -0.4 is 16.4 Å². The lowest BCUT2D eigenvalue weighted by Crippen LogP contribution is -2.46. The van der Waals surface area contributed by atoms with Gasteiger partial charge in [-0.2, -0.15) is 0 Å². The van der Waals surface area contributed by atoms with Crippen molar-refractivity contribution in [3.05, 3.63) is 0 Å². The Morgan fingerprint density at radius 2 is 1.39 bits per heavy atom. The highest BCUT2D eigenvalue weighted by Crippen LogP contribution is 1.88. The molecule has 106 valence electrons. The van der Waals surface area contributed by atoms with E-state index in [0.717, 1.165) is 0 Å². The van der Waals surface area contributed by atoms with Crippen LogP contribution in [0.25, 0.3) is 0 Å². The van der Waals surface area contributed by atoms with Gasteiger partial charge in [0.2, 0.25) is 0 Å². The molecule has 0 fully saturated rings. The number of carbonyl (C=O) groups excluding carboxylic acids is 2. The number of nitrogens with zero attached hydrogens (tertiary/aromatic N) is 1. The van der Waals surface area contributed by atoms with Crippen molar-refractivity contribution < 1.29 is 19.8 Å². The molecule has 18 heavy (non-hydrogen) atoms. The molecule has 0 atom stereocenters. The lowest BCUT2D eigenvalue weighted by Gasteiger charge is -2.21. The number of aliphatic hydroxyl groups excluding tert-OH is 2. The maximum atomic E-state index is 11.5. The molecule has 0 saturated heterocycles. The maximum Gasteiger partial charge on any atom is 0.311 e. The largest absolute Gasteiger partial charge is 0.395 e. The standard InChI is InChI=1S/C10H22N4O4/c11-9(17)10(18)14(5-1-12-3-7-15)6-2-13-4-8-16/h12-13,15-16H,1-8H2,(H2,11,17). The molecular weight excluding hydrogens is 240 g/mol. The van der Waals surface area contributed by atoms with Crippen molar-refractivity contribution in [1.29, 1.82) is 0 Å². The van der Waals surface area contributed by atoms with Gasteiger partial charge in [0, 0.05) is 39.3 Å². The molecule has 8 nitrogen and oxygen atoms in total. The zero-order chi connectivity index (χ0) is 13.8. The second-order valence-corrected chi connectivity index (χ2v) is 3.60. The fourth-order valence-corrected chi connectivity index (χ4v) is 1.31. The van der Waals surface area contributed by atoms with Crippen LogP contribution in [0.1, 0.15) is 0 Å². The summed E-state index contributed by atoms with van der Waals surface area (Å²) in [6.45, 7) is 2.51. The third-order valence-electron chi connectivity index (χ3n) is 2.19. The Morgan fingerprint density at radius 1 is 0.944 bits per heavy atom. The zero-order valence-corrected chi connectivity index (χ0v) is 10.4.